The zero-order valence-corrected chi connectivity index (χ0v) is 18.2. The van der Waals surface area contributed by atoms with Crippen molar-refractivity contribution in [3.63, 3.8) is 0 Å². The molecule has 31 heavy (non-hydrogen) atoms. The molecule has 3 amide bonds. The number of imide groups is 1. The fourth-order valence-corrected chi connectivity index (χ4v) is 5.73. The third-order valence-electron chi connectivity index (χ3n) is 6.27. The minimum absolute atomic E-state index is 0.0210. The zero-order valence-electron chi connectivity index (χ0n) is 17.4. The van der Waals surface area contributed by atoms with E-state index >= 15 is 0 Å². The Morgan fingerprint density at radius 2 is 1.74 bits per heavy atom. The molecular weight excluding hydrogens is 412 g/mol. The van der Waals surface area contributed by atoms with Crippen LogP contribution in [0, 0.1) is 6.92 Å². The van der Waals surface area contributed by atoms with Crippen molar-refractivity contribution < 1.29 is 14.7 Å². The number of aliphatic hydroxyl groups is 1. The minimum Gasteiger partial charge on any atom is -0.389 e. The van der Waals surface area contributed by atoms with Crippen molar-refractivity contribution in [1.29, 1.82) is 0 Å². The Balaban J connectivity index is 1.37. The third kappa shape index (κ3) is 3.58. The Hall–Kier alpha value is -2.55. The number of para-hydroxylation sites is 1. The first kappa shape index (κ1) is 20.4. The Morgan fingerprint density at radius 1 is 1.03 bits per heavy atom. The number of hydrogen-bond acceptors (Lipinski definition) is 6. The number of fused-ring (bicyclic) bond motifs is 2. The highest BCUT2D eigenvalue weighted by Crippen LogP contribution is 2.48. The number of nitrogens with zero attached hydrogens (tertiary/aromatic N) is 2. The molecule has 0 radical (unpaired) electrons. The highest BCUT2D eigenvalue weighted by Gasteiger charge is 2.51. The number of piperidine rings is 1. The fraction of sp³-hybridized carbons (Fsp3) is 0.391. The molecular formula is C23H26N4O3S. The van der Waals surface area contributed by atoms with Crippen LogP contribution in [0.5, 0.6) is 0 Å². The van der Waals surface area contributed by atoms with E-state index in [0.717, 1.165) is 26.7 Å². The third-order valence-corrected chi connectivity index (χ3v) is 7.40. The van der Waals surface area contributed by atoms with Gasteiger partial charge in [-0.1, -0.05) is 30.0 Å². The normalized spacial score (nSPS) is 20.5. The summed E-state index contributed by atoms with van der Waals surface area (Å²) >= 11 is 1.71. The lowest BCUT2D eigenvalue weighted by atomic mass is 9.88. The van der Waals surface area contributed by atoms with Gasteiger partial charge in [0.1, 0.15) is 5.54 Å². The molecule has 5 rings (SSSR count). The van der Waals surface area contributed by atoms with Crippen LogP contribution in [-0.2, 0) is 4.79 Å². The molecule has 7 nitrogen and oxygen atoms in total. The van der Waals surface area contributed by atoms with E-state index in [9.17, 15) is 14.7 Å². The molecule has 1 atom stereocenters. The molecule has 3 N–H and O–H groups in total. The second-order valence-electron chi connectivity index (χ2n) is 8.48. The van der Waals surface area contributed by atoms with Gasteiger partial charge in [-0.3, -0.25) is 9.69 Å². The standard InChI is InChI=1S/C23H26N4O3S/c1-15-6-7-20-18(12-15)26(17-4-2-3-5-19(17)31-20)13-16(28)14-27-21(29)23(25-22(27)30)8-10-24-11-9-23/h2-7,12,16,24,28H,8-11,13-14H2,1H3,(H,25,30). The molecule has 0 bridgehead atoms. The van der Waals surface area contributed by atoms with Gasteiger partial charge in [-0.2, -0.15) is 0 Å². The lowest BCUT2D eigenvalue weighted by Gasteiger charge is -2.35. The van der Waals surface area contributed by atoms with Gasteiger partial charge in [0.2, 0.25) is 0 Å². The largest absolute Gasteiger partial charge is 0.389 e. The van der Waals surface area contributed by atoms with Crippen LogP contribution in [0.1, 0.15) is 18.4 Å². The molecule has 162 valence electrons. The number of urea groups is 1. The van der Waals surface area contributed by atoms with Gasteiger partial charge in [-0.25, -0.2) is 4.79 Å². The summed E-state index contributed by atoms with van der Waals surface area (Å²) < 4.78 is 0. The summed E-state index contributed by atoms with van der Waals surface area (Å²) in [6.07, 6.45) is 0.275. The first-order chi connectivity index (χ1) is 15.0. The Kier molecular flexibility index (Phi) is 5.16. The number of amides is 3. The van der Waals surface area contributed by atoms with Gasteiger partial charge in [-0.15, -0.1) is 0 Å². The molecule has 3 aliphatic heterocycles. The number of benzene rings is 2. The quantitative estimate of drug-likeness (QED) is 0.637. The number of carbonyl (C=O) groups excluding carboxylic acids is 2. The van der Waals surface area contributed by atoms with Crippen molar-refractivity contribution in [3.05, 3.63) is 48.0 Å². The van der Waals surface area contributed by atoms with E-state index in [1.807, 2.05) is 25.1 Å². The van der Waals surface area contributed by atoms with Crippen LogP contribution in [0.4, 0.5) is 16.2 Å². The van der Waals surface area contributed by atoms with Crippen LogP contribution >= 0.6 is 11.8 Å². The molecule has 1 unspecified atom stereocenters. The van der Waals surface area contributed by atoms with Crippen molar-refractivity contribution in [2.24, 2.45) is 0 Å². The van der Waals surface area contributed by atoms with E-state index in [2.05, 4.69) is 39.8 Å². The first-order valence-electron chi connectivity index (χ1n) is 10.6. The van der Waals surface area contributed by atoms with Crippen molar-refractivity contribution in [2.45, 2.75) is 41.2 Å². The van der Waals surface area contributed by atoms with Gasteiger partial charge in [0, 0.05) is 9.79 Å². The lowest BCUT2D eigenvalue weighted by Crippen LogP contribution is -2.54. The zero-order chi connectivity index (χ0) is 21.6. The van der Waals surface area contributed by atoms with E-state index in [-0.39, 0.29) is 12.5 Å². The molecule has 8 heteroatoms. The van der Waals surface area contributed by atoms with Crippen LogP contribution in [-0.4, -0.2) is 59.8 Å². The smallest absolute Gasteiger partial charge is 0.325 e. The van der Waals surface area contributed by atoms with Gasteiger partial charge in [0.15, 0.2) is 0 Å². The fourth-order valence-electron chi connectivity index (χ4n) is 4.65. The number of aliphatic hydroxyl groups excluding tert-OH is 1. The molecule has 2 fully saturated rings. The summed E-state index contributed by atoms with van der Waals surface area (Å²) in [4.78, 5) is 31.2. The second-order valence-corrected chi connectivity index (χ2v) is 9.57. The highest BCUT2D eigenvalue weighted by atomic mass is 32.2. The number of carbonyl (C=O) groups is 2. The van der Waals surface area contributed by atoms with Gasteiger partial charge in [0.05, 0.1) is 30.6 Å². The number of rotatable bonds is 4. The van der Waals surface area contributed by atoms with Crippen molar-refractivity contribution >= 4 is 35.1 Å². The Morgan fingerprint density at radius 3 is 2.55 bits per heavy atom. The van der Waals surface area contributed by atoms with Gasteiger partial charge in [0.25, 0.3) is 5.91 Å². The summed E-state index contributed by atoms with van der Waals surface area (Å²) in [5.74, 6) is -0.219. The number of anilines is 2. The molecule has 0 aromatic heterocycles. The van der Waals surface area contributed by atoms with Crippen molar-refractivity contribution in [1.82, 2.24) is 15.5 Å². The SMILES string of the molecule is Cc1ccc2c(c1)N(CC(O)CN1C(=O)NC3(CCNCC3)C1=O)c1ccccc1S2. The van der Waals surface area contributed by atoms with Gasteiger partial charge < -0.3 is 20.6 Å². The maximum absolute atomic E-state index is 13.0. The summed E-state index contributed by atoms with van der Waals surface area (Å²) in [6.45, 7) is 3.71. The molecule has 0 saturated carbocycles. The Bertz CT molecular complexity index is 1040. The van der Waals surface area contributed by atoms with E-state index in [1.165, 1.54) is 4.90 Å². The topological polar surface area (TPSA) is 84.9 Å². The van der Waals surface area contributed by atoms with Crippen LogP contribution in [0.15, 0.2) is 52.3 Å². The molecule has 2 saturated heterocycles. The lowest BCUT2D eigenvalue weighted by molar-refractivity contribution is -0.133. The van der Waals surface area contributed by atoms with E-state index < -0.39 is 17.7 Å². The molecule has 2 aromatic carbocycles. The average Bonchev–Trinajstić information content (AvgIpc) is 2.98. The van der Waals surface area contributed by atoms with Crippen LogP contribution in [0.25, 0.3) is 0 Å². The van der Waals surface area contributed by atoms with E-state index in [4.69, 9.17) is 0 Å². The number of β-amino-alcohol motifs (C(OH)–C–C–N with tert-alkyl or cyclic N) is 1. The molecule has 2 aromatic rings. The maximum Gasteiger partial charge on any atom is 0.325 e. The Labute approximate surface area is 185 Å². The molecule has 3 heterocycles. The highest BCUT2D eigenvalue weighted by molar-refractivity contribution is 7.99. The van der Waals surface area contributed by atoms with E-state index in [0.29, 0.717) is 32.5 Å². The molecule has 1 spiro atoms. The van der Waals surface area contributed by atoms with Crippen LogP contribution in [0.3, 0.4) is 0 Å². The maximum atomic E-state index is 13.0. The summed E-state index contributed by atoms with van der Waals surface area (Å²) in [5.41, 5.74) is 2.38. The molecule has 0 aliphatic carbocycles. The summed E-state index contributed by atoms with van der Waals surface area (Å²) in [7, 11) is 0. The van der Waals surface area contributed by atoms with Crippen LogP contribution < -0.4 is 15.5 Å². The van der Waals surface area contributed by atoms with Crippen molar-refractivity contribution in [2.75, 3.05) is 31.1 Å². The summed E-state index contributed by atoms with van der Waals surface area (Å²) in [6, 6.07) is 14.0. The first-order valence-corrected chi connectivity index (χ1v) is 11.5. The number of nitrogens with one attached hydrogen (secondary N) is 2. The van der Waals surface area contributed by atoms with Crippen LogP contribution in [0.2, 0.25) is 0 Å². The number of aryl methyl sites for hydroxylation is 1. The molecule has 3 aliphatic rings. The predicted octanol–water partition coefficient (Wildman–Crippen LogP) is 2.63. The van der Waals surface area contributed by atoms with E-state index in [1.54, 1.807) is 11.8 Å². The predicted molar refractivity (Wildman–Crippen MR) is 120 cm³/mol. The monoisotopic (exact) mass is 438 g/mol. The second kappa shape index (κ2) is 7.85. The van der Waals surface area contributed by atoms with Crippen molar-refractivity contribution in [3.8, 4) is 0 Å². The minimum atomic E-state index is -0.879. The number of hydrogen-bond donors (Lipinski definition) is 3. The average molecular weight is 439 g/mol. The van der Waals surface area contributed by atoms with Gasteiger partial charge >= 0.3 is 6.03 Å². The van der Waals surface area contributed by atoms with Gasteiger partial charge in [-0.05, 0) is 62.7 Å². The summed E-state index contributed by atoms with van der Waals surface area (Å²) in [5, 5.41) is 17.1.